The van der Waals surface area contributed by atoms with Gasteiger partial charge in [0.15, 0.2) is 0 Å². The number of hydrogen-bond acceptors (Lipinski definition) is 3. The van der Waals surface area contributed by atoms with Gasteiger partial charge in [0.25, 0.3) is 0 Å². The van der Waals surface area contributed by atoms with Crippen LogP contribution in [0.3, 0.4) is 0 Å². The standard InChI is InChI=1S/C13H22O4/c1-5-10(13(15)16)11-6-7(2)12(8(11)3)17-9(4)14/h7-8,10-12H,5-6H2,1-4H3,(H,15,16). The third kappa shape index (κ3) is 2.99. The Kier molecular flexibility index (Phi) is 4.54. The Balaban J connectivity index is 2.78. The molecule has 0 spiro atoms. The molecule has 4 heteroatoms. The van der Waals surface area contributed by atoms with Crippen molar-refractivity contribution in [2.45, 2.75) is 46.6 Å². The Labute approximate surface area is 102 Å². The van der Waals surface area contributed by atoms with E-state index in [-0.39, 0.29) is 35.7 Å². The van der Waals surface area contributed by atoms with Gasteiger partial charge in [-0.3, -0.25) is 9.59 Å². The highest BCUT2D eigenvalue weighted by Gasteiger charge is 2.45. The van der Waals surface area contributed by atoms with Crippen LogP contribution < -0.4 is 0 Å². The first-order chi connectivity index (χ1) is 7.88. The van der Waals surface area contributed by atoms with Crippen molar-refractivity contribution in [2.24, 2.45) is 23.7 Å². The fraction of sp³-hybridized carbons (Fsp3) is 0.846. The van der Waals surface area contributed by atoms with E-state index in [1.54, 1.807) is 0 Å². The molecular formula is C13H22O4. The average molecular weight is 242 g/mol. The number of carbonyl (C=O) groups excluding carboxylic acids is 1. The van der Waals surface area contributed by atoms with E-state index in [4.69, 9.17) is 4.74 Å². The Morgan fingerprint density at radius 3 is 2.41 bits per heavy atom. The van der Waals surface area contributed by atoms with E-state index in [1.807, 2.05) is 20.8 Å². The predicted molar refractivity (Wildman–Crippen MR) is 63.4 cm³/mol. The predicted octanol–water partition coefficient (Wildman–Crippen LogP) is 2.32. The third-order valence-corrected chi connectivity index (χ3v) is 3.97. The first kappa shape index (κ1) is 14.0. The molecule has 5 atom stereocenters. The molecule has 1 N–H and O–H groups in total. The molecule has 98 valence electrons. The molecule has 0 saturated heterocycles. The zero-order valence-electron chi connectivity index (χ0n) is 11.0. The van der Waals surface area contributed by atoms with Crippen molar-refractivity contribution in [3.63, 3.8) is 0 Å². The summed E-state index contributed by atoms with van der Waals surface area (Å²) in [5, 5.41) is 9.20. The number of aliphatic carboxylic acids is 1. The van der Waals surface area contributed by atoms with E-state index in [9.17, 15) is 14.7 Å². The van der Waals surface area contributed by atoms with E-state index in [0.29, 0.717) is 6.42 Å². The summed E-state index contributed by atoms with van der Waals surface area (Å²) < 4.78 is 5.31. The van der Waals surface area contributed by atoms with E-state index >= 15 is 0 Å². The zero-order chi connectivity index (χ0) is 13.2. The number of carbonyl (C=O) groups is 2. The summed E-state index contributed by atoms with van der Waals surface area (Å²) in [6, 6.07) is 0. The number of carboxylic acid groups (broad SMARTS) is 1. The van der Waals surface area contributed by atoms with Crippen LogP contribution in [0, 0.1) is 23.7 Å². The van der Waals surface area contributed by atoms with Crippen molar-refractivity contribution in [2.75, 3.05) is 0 Å². The summed E-state index contributed by atoms with van der Waals surface area (Å²) in [7, 11) is 0. The van der Waals surface area contributed by atoms with Crippen LogP contribution in [-0.2, 0) is 14.3 Å². The Bertz CT molecular complexity index is 300. The van der Waals surface area contributed by atoms with Gasteiger partial charge in [0.1, 0.15) is 6.10 Å². The lowest BCUT2D eigenvalue weighted by atomic mass is 9.83. The molecule has 0 bridgehead atoms. The lowest BCUT2D eigenvalue weighted by Gasteiger charge is -2.25. The number of rotatable bonds is 4. The molecule has 17 heavy (non-hydrogen) atoms. The van der Waals surface area contributed by atoms with Crippen LogP contribution in [0.15, 0.2) is 0 Å². The highest BCUT2D eigenvalue weighted by molar-refractivity contribution is 5.70. The normalized spacial score (nSPS) is 34.4. The molecule has 1 aliphatic carbocycles. The smallest absolute Gasteiger partial charge is 0.306 e. The monoisotopic (exact) mass is 242 g/mol. The van der Waals surface area contributed by atoms with E-state index < -0.39 is 5.97 Å². The van der Waals surface area contributed by atoms with Crippen LogP contribution in [0.1, 0.15) is 40.5 Å². The maximum atomic E-state index is 11.2. The SMILES string of the molecule is CCC(C(=O)O)C1CC(C)C(OC(C)=O)C1C. The molecule has 0 heterocycles. The Morgan fingerprint density at radius 1 is 1.41 bits per heavy atom. The Hall–Kier alpha value is -1.06. The largest absolute Gasteiger partial charge is 0.481 e. The summed E-state index contributed by atoms with van der Waals surface area (Å²) in [4.78, 5) is 22.2. The highest BCUT2D eigenvalue weighted by atomic mass is 16.5. The van der Waals surface area contributed by atoms with Gasteiger partial charge in [-0.1, -0.05) is 20.8 Å². The number of hydrogen-bond donors (Lipinski definition) is 1. The summed E-state index contributed by atoms with van der Waals surface area (Å²) in [5.74, 6) is -0.871. The van der Waals surface area contributed by atoms with Gasteiger partial charge < -0.3 is 9.84 Å². The van der Waals surface area contributed by atoms with E-state index in [2.05, 4.69) is 0 Å². The first-order valence-corrected chi connectivity index (χ1v) is 6.28. The second-order valence-corrected chi connectivity index (χ2v) is 5.16. The average Bonchev–Trinajstić information content (AvgIpc) is 2.46. The van der Waals surface area contributed by atoms with Gasteiger partial charge in [-0.15, -0.1) is 0 Å². The molecule has 0 aliphatic heterocycles. The lowest BCUT2D eigenvalue weighted by molar-refractivity contribution is -0.150. The minimum Gasteiger partial charge on any atom is -0.481 e. The number of carboxylic acids is 1. The first-order valence-electron chi connectivity index (χ1n) is 6.28. The van der Waals surface area contributed by atoms with Gasteiger partial charge in [-0.25, -0.2) is 0 Å². The molecule has 0 aromatic rings. The second-order valence-electron chi connectivity index (χ2n) is 5.16. The quantitative estimate of drug-likeness (QED) is 0.768. The van der Waals surface area contributed by atoms with Crippen molar-refractivity contribution in [3.8, 4) is 0 Å². The Morgan fingerprint density at radius 2 is 2.00 bits per heavy atom. The van der Waals surface area contributed by atoms with Gasteiger partial charge in [0, 0.05) is 6.92 Å². The van der Waals surface area contributed by atoms with Gasteiger partial charge in [0.2, 0.25) is 0 Å². The van der Waals surface area contributed by atoms with Crippen molar-refractivity contribution < 1.29 is 19.4 Å². The molecule has 1 rings (SSSR count). The minimum atomic E-state index is -0.736. The molecule has 5 unspecified atom stereocenters. The van der Waals surface area contributed by atoms with E-state index in [0.717, 1.165) is 6.42 Å². The molecule has 0 aromatic carbocycles. The van der Waals surface area contributed by atoms with Crippen molar-refractivity contribution in [3.05, 3.63) is 0 Å². The molecular weight excluding hydrogens is 220 g/mol. The van der Waals surface area contributed by atoms with Crippen molar-refractivity contribution >= 4 is 11.9 Å². The van der Waals surface area contributed by atoms with E-state index in [1.165, 1.54) is 6.92 Å². The number of esters is 1. The number of ether oxygens (including phenoxy) is 1. The van der Waals surface area contributed by atoms with Gasteiger partial charge in [-0.2, -0.15) is 0 Å². The molecule has 1 saturated carbocycles. The molecule has 1 aliphatic rings. The fourth-order valence-electron chi connectivity index (χ4n) is 3.15. The molecule has 0 aromatic heterocycles. The maximum Gasteiger partial charge on any atom is 0.306 e. The van der Waals surface area contributed by atoms with Crippen molar-refractivity contribution in [1.29, 1.82) is 0 Å². The summed E-state index contributed by atoms with van der Waals surface area (Å²) >= 11 is 0. The molecule has 0 amide bonds. The van der Waals surface area contributed by atoms with Gasteiger partial charge in [0.05, 0.1) is 5.92 Å². The molecule has 4 nitrogen and oxygen atoms in total. The lowest BCUT2D eigenvalue weighted by Crippen LogP contribution is -2.30. The van der Waals surface area contributed by atoms with Crippen LogP contribution in [0.2, 0.25) is 0 Å². The summed E-state index contributed by atoms with van der Waals surface area (Å²) in [6.07, 6.45) is 1.32. The zero-order valence-corrected chi connectivity index (χ0v) is 11.0. The minimum absolute atomic E-state index is 0.108. The molecule has 1 fully saturated rings. The maximum absolute atomic E-state index is 11.2. The summed E-state index contributed by atoms with van der Waals surface area (Å²) in [5.41, 5.74) is 0. The van der Waals surface area contributed by atoms with Crippen LogP contribution in [0.25, 0.3) is 0 Å². The topological polar surface area (TPSA) is 63.6 Å². The third-order valence-electron chi connectivity index (χ3n) is 3.97. The van der Waals surface area contributed by atoms with Crippen LogP contribution in [0.5, 0.6) is 0 Å². The highest BCUT2D eigenvalue weighted by Crippen LogP contribution is 2.43. The van der Waals surface area contributed by atoms with Crippen LogP contribution >= 0.6 is 0 Å². The fourth-order valence-corrected chi connectivity index (χ4v) is 3.15. The second kappa shape index (κ2) is 5.52. The van der Waals surface area contributed by atoms with Gasteiger partial charge >= 0.3 is 11.9 Å². The summed E-state index contributed by atoms with van der Waals surface area (Å²) in [6.45, 7) is 7.32. The van der Waals surface area contributed by atoms with Gasteiger partial charge in [-0.05, 0) is 30.6 Å². The van der Waals surface area contributed by atoms with Crippen LogP contribution in [-0.4, -0.2) is 23.1 Å². The van der Waals surface area contributed by atoms with Crippen LogP contribution in [0.4, 0.5) is 0 Å². The molecule has 0 radical (unpaired) electrons. The van der Waals surface area contributed by atoms with Crippen molar-refractivity contribution in [1.82, 2.24) is 0 Å².